The molecule has 0 fully saturated rings. The van der Waals surface area contributed by atoms with Crippen LogP contribution in [0.3, 0.4) is 0 Å². The average Bonchev–Trinajstić information content (AvgIpc) is 2.16. The zero-order chi connectivity index (χ0) is 13.4. The third-order valence-electron chi connectivity index (χ3n) is 5.80. The minimum atomic E-state index is -1.21. The molecule has 94 valence electrons. The Hall–Kier alpha value is 0.348. The summed E-state index contributed by atoms with van der Waals surface area (Å²) in [7, 11) is -4.76. The van der Waals surface area contributed by atoms with Gasteiger partial charge in [-0.3, -0.25) is 0 Å². The van der Waals surface area contributed by atoms with Crippen molar-refractivity contribution in [2.45, 2.75) is 52.4 Å². The predicted octanol–water partition coefficient (Wildman–Crippen LogP) is 4.51. The fraction of sp³-hybridized carbons (Fsp3) is 0.667. The second-order valence-electron chi connectivity index (χ2n) is 7.10. The van der Waals surface area contributed by atoms with Crippen LogP contribution in [-0.4, -0.2) is 29.4 Å². The Morgan fingerprint density at radius 2 is 0.750 bits per heavy atom. The van der Waals surface area contributed by atoms with Gasteiger partial charge in [0.1, 0.15) is 0 Å². The lowest BCUT2D eigenvalue weighted by Gasteiger charge is -2.53. The van der Waals surface area contributed by atoms with Crippen LogP contribution in [0.2, 0.25) is 52.4 Å². The van der Waals surface area contributed by atoms with Crippen molar-refractivity contribution in [3.05, 3.63) is 24.6 Å². The van der Waals surface area contributed by atoms with E-state index in [9.17, 15) is 0 Å². The third kappa shape index (κ3) is 2.30. The summed E-state index contributed by atoms with van der Waals surface area (Å²) < 4.78 is 0. The molecule has 0 aromatic carbocycles. The highest BCUT2D eigenvalue weighted by molar-refractivity contribution is 7.84. The van der Waals surface area contributed by atoms with E-state index in [0.717, 1.165) is 0 Å². The molecule has 0 amide bonds. The monoisotopic (exact) mass is 286 g/mol. The van der Waals surface area contributed by atoms with E-state index in [1.54, 1.807) is 0 Å². The average molecular weight is 287 g/mol. The number of hydrogen-bond acceptors (Lipinski definition) is 0. The second kappa shape index (κ2) is 4.55. The summed E-state index contributed by atoms with van der Waals surface area (Å²) in [5.41, 5.74) is 4.67. The van der Waals surface area contributed by atoms with Crippen molar-refractivity contribution < 1.29 is 0 Å². The van der Waals surface area contributed by atoms with Crippen molar-refractivity contribution >= 4 is 29.4 Å². The lowest BCUT2D eigenvalue weighted by molar-refractivity contribution is 1.76. The molecule has 0 saturated carbocycles. The van der Waals surface area contributed by atoms with E-state index in [2.05, 4.69) is 76.9 Å². The van der Waals surface area contributed by atoms with Gasteiger partial charge in [0.15, 0.2) is 0 Å². The summed E-state index contributed by atoms with van der Waals surface area (Å²) in [6.45, 7) is 28.9. The highest BCUT2D eigenvalue weighted by Gasteiger charge is 2.56. The number of hydrogen-bond donors (Lipinski definition) is 0. The van der Waals surface area contributed by atoms with Gasteiger partial charge in [-0.05, 0) is 0 Å². The van der Waals surface area contributed by atoms with Crippen LogP contribution in [0, 0.1) is 0 Å². The van der Waals surface area contributed by atoms with E-state index in [1.807, 2.05) is 0 Å². The summed E-state index contributed by atoms with van der Waals surface area (Å²) in [6.07, 6.45) is 0. The number of rotatable bonds is 5. The Morgan fingerprint density at radius 1 is 0.562 bits per heavy atom. The summed E-state index contributed by atoms with van der Waals surface area (Å²) in [5.74, 6) is 0. The molecule has 0 aromatic rings. The lowest BCUT2D eigenvalue weighted by atomic mass is 11.3. The largest absolute Gasteiger partial charge is 0.107 e. The van der Waals surface area contributed by atoms with E-state index in [1.165, 1.54) is 0 Å². The van der Waals surface area contributed by atoms with Crippen LogP contribution in [0.1, 0.15) is 0 Å². The molecule has 0 nitrogen and oxygen atoms in total. The first-order valence-electron chi connectivity index (χ1n) is 6.14. The van der Waals surface area contributed by atoms with Crippen molar-refractivity contribution in [3.8, 4) is 0 Å². The van der Waals surface area contributed by atoms with Gasteiger partial charge in [-0.2, -0.15) is 0 Å². The van der Waals surface area contributed by atoms with Crippen LogP contribution < -0.4 is 0 Å². The second-order valence-corrected chi connectivity index (χ2v) is 47.0. The fourth-order valence-electron chi connectivity index (χ4n) is 2.12. The van der Waals surface area contributed by atoms with E-state index in [-0.39, 0.29) is 0 Å². The zero-order valence-corrected chi connectivity index (χ0v) is 16.6. The minimum Gasteiger partial charge on any atom is -0.107 e. The minimum absolute atomic E-state index is 1.16. The molecule has 0 unspecified atom stereocenters. The van der Waals surface area contributed by atoms with Gasteiger partial charge >= 0.3 is 0 Å². The lowest BCUT2D eigenvalue weighted by Crippen LogP contribution is -2.78. The molecular formula is C12H30Si4. The van der Waals surface area contributed by atoms with Crippen LogP contribution in [-0.2, 0) is 0 Å². The summed E-state index contributed by atoms with van der Waals surface area (Å²) >= 11 is 0. The maximum Gasteiger partial charge on any atom is 0.0612 e. The highest BCUT2D eigenvalue weighted by atomic mass is 29.8. The molecule has 0 bridgehead atoms. The van der Waals surface area contributed by atoms with Crippen LogP contribution in [0.4, 0.5) is 0 Å². The van der Waals surface area contributed by atoms with E-state index < -0.39 is 29.4 Å². The topological polar surface area (TPSA) is 0 Å². The van der Waals surface area contributed by atoms with Crippen molar-refractivity contribution in [2.75, 3.05) is 0 Å². The van der Waals surface area contributed by atoms with E-state index in [0.29, 0.717) is 0 Å². The van der Waals surface area contributed by atoms with Gasteiger partial charge in [0.25, 0.3) is 0 Å². The summed E-state index contributed by atoms with van der Waals surface area (Å²) in [6, 6.07) is 0. The van der Waals surface area contributed by atoms with Crippen LogP contribution in [0.25, 0.3) is 0 Å². The Bertz CT molecular complexity index is 257. The van der Waals surface area contributed by atoms with E-state index in [4.69, 9.17) is 0 Å². The van der Waals surface area contributed by atoms with Gasteiger partial charge in [-0.1, -0.05) is 52.4 Å². The fourth-order valence-corrected chi connectivity index (χ4v) is 67.3. The zero-order valence-electron chi connectivity index (χ0n) is 12.6. The molecule has 0 aliphatic carbocycles. The maximum atomic E-state index is 4.13. The quantitative estimate of drug-likeness (QED) is 0.653. The van der Waals surface area contributed by atoms with Crippen LogP contribution in [0.5, 0.6) is 0 Å². The van der Waals surface area contributed by atoms with Gasteiger partial charge in [-0.15, -0.1) is 24.6 Å². The first-order valence-corrected chi connectivity index (χ1v) is 21.3. The van der Waals surface area contributed by atoms with Crippen LogP contribution >= 0.6 is 0 Å². The normalized spacial score (nSPS) is 14.8. The highest BCUT2D eigenvalue weighted by Crippen LogP contribution is 2.35. The first-order chi connectivity index (χ1) is 6.87. The first kappa shape index (κ1) is 16.3. The van der Waals surface area contributed by atoms with Crippen molar-refractivity contribution in [1.82, 2.24) is 0 Å². The molecule has 0 saturated heterocycles. The molecule has 4 heteroatoms. The van der Waals surface area contributed by atoms with Gasteiger partial charge < -0.3 is 0 Å². The van der Waals surface area contributed by atoms with Crippen molar-refractivity contribution in [1.29, 1.82) is 0 Å². The SMILES string of the molecule is C=C[Si](C)(C)[Si](C)(C)[Si](C)(C)[Si](C)(C)C=C. The van der Waals surface area contributed by atoms with Gasteiger partial charge in [0.05, 0.1) is 15.2 Å². The Kier molecular flexibility index (Phi) is 4.65. The molecule has 0 aliphatic heterocycles. The molecular weight excluding hydrogens is 256 g/mol. The molecule has 0 atom stereocenters. The van der Waals surface area contributed by atoms with Crippen molar-refractivity contribution in [3.63, 3.8) is 0 Å². The predicted molar refractivity (Wildman–Crippen MR) is 90.3 cm³/mol. The molecule has 0 heterocycles. The molecule has 0 rings (SSSR count). The Morgan fingerprint density at radius 3 is 0.875 bits per heavy atom. The molecule has 0 aliphatic rings. The molecule has 0 spiro atoms. The molecule has 16 heavy (non-hydrogen) atoms. The molecule has 0 N–H and O–H groups in total. The molecule has 0 radical (unpaired) electrons. The van der Waals surface area contributed by atoms with Crippen LogP contribution in [0.15, 0.2) is 24.6 Å². The Labute approximate surface area is 106 Å². The van der Waals surface area contributed by atoms with E-state index >= 15 is 0 Å². The van der Waals surface area contributed by atoms with Gasteiger partial charge in [0.2, 0.25) is 0 Å². The van der Waals surface area contributed by atoms with Crippen molar-refractivity contribution in [2.24, 2.45) is 0 Å². The standard InChI is InChI=1S/C12H30Si4/c1-11-13(3,4)15(7,8)16(9,10)14(5,6)12-2/h11-12H,1-2H2,3-10H3. The summed E-state index contributed by atoms with van der Waals surface area (Å²) in [4.78, 5) is 0. The Balaban J connectivity index is 5.63. The van der Waals surface area contributed by atoms with Gasteiger partial charge in [-0.25, -0.2) is 0 Å². The summed E-state index contributed by atoms with van der Waals surface area (Å²) in [5, 5.41) is 0. The molecule has 0 aromatic heterocycles. The van der Waals surface area contributed by atoms with Gasteiger partial charge in [0, 0.05) is 14.2 Å². The third-order valence-corrected chi connectivity index (χ3v) is 72.4. The smallest absolute Gasteiger partial charge is 0.0612 e. The maximum absolute atomic E-state index is 4.13.